The molecule has 0 aliphatic carbocycles. The standard InChI is InChI=1S/C19H21ClN2O2S/c1-13(15-4-2-3-5-16(15)20)21-18(23)6-7-19(24)22-10-8-17-14(12-22)9-11-25-17/h2-5,9,11,13H,6-8,10,12H2,1H3,(H,21,23). The first-order valence-corrected chi connectivity index (χ1v) is 9.67. The average Bonchev–Trinajstić information content (AvgIpc) is 3.07. The van der Waals surface area contributed by atoms with E-state index in [-0.39, 0.29) is 30.7 Å². The Bertz CT molecular complexity index is 774. The summed E-state index contributed by atoms with van der Waals surface area (Å²) < 4.78 is 0. The van der Waals surface area contributed by atoms with Gasteiger partial charge in [0.2, 0.25) is 11.8 Å². The number of rotatable bonds is 5. The summed E-state index contributed by atoms with van der Waals surface area (Å²) in [4.78, 5) is 27.7. The van der Waals surface area contributed by atoms with Crippen molar-refractivity contribution in [2.75, 3.05) is 6.54 Å². The fourth-order valence-electron chi connectivity index (χ4n) is 3.06. The number of carbonyl (C=O) groups is 2. The fourth-order valence-corrected chi connectivity index (χ4v) is 4.25. The van der Waals surface area contributed by atoms with Crippen molar-refractivity contribution < 1.29 is 9.59 Å². The first-order chi connectivity index (χ1) is 12.0. The van der Waals surface area contributed by atoms with Gasteiger partial charge in [0.1, 0.15) is 0 Å². The zero-order valence-corrected chi connectivity index (χ0v) is 15.7. The minimum atomic E-state index is -0.181. The number of amides is 2. The number of hydrogen-bond acceptors (Lipinski definition) is 3. The lowest BCUT2D eigenvalue weighted by molar-refractivity contribution is -0.134. The predicted molar refractivity (Wildman–Crippen MR) is 101 cm³/mol. The molecule has 1 aliphatic heterocycles. The van der Waals surface area contributed by atoms with Gasteiger partial charge in [0, 0.05) is 35.8 Å². The van der Waals surface area contributed by atoms with Gasteiger partial charge in [-0.05, 0) is 42.0 Å². The predicted octanol–water partition coefficient (Wildman–Crippen LogP) is 3.94. The van der Waals surface area contributed by atoms with E-state index >= 15 is 0 Å². The maximum atomic E-state index is 12.4. The third kappa shape index (κ3) is 4.41. The largest absolute Gasteiger partial charge is 0.350 e. The first-order valence-electron chi connectivity index (χ1n) is 8.41. The van der Waals surface area contributed by atoms with Crippen LogP contribution in [0.5, 0.6) is 0 Å². The highest BCUT2D eigenvalue weighted by Crippen LogP contribution is 2.25. The number of carbonyl (C=O) groups excluding carboxylic acids is 2. The highest BCUT2D eigenvalue weighted by atomic mass is 35.5. The van der Waals surface area contributed by atoms with Gasteiger partial charge in [0.15, 0.2) is 0 Å². The maximum absolute atomic E-state index is 12.4. The topological polar surface area (TPSA) is 49.4 Å². The third-order valence-corrected chi connectivity index (χ3v) is 5.84. The van der Waals surface area contributed by atoms with Gasteiger partial charge in [-0.3, -0.25) is 9.59 Å². The molecule has 4 nitrogen and oxygen atoms in total. The minimum Gasteiger partial charge on any atom is -0.350 e. The summed E-state index contributed by atoms with van der Waals surface area (Å²) in [5.41, 5.74) is 2.12. The van der Waals surface area contributed by atoms with Gasteiger partial charge in [-0.1, -0.05) is 29.8 Å². The van der Waals surface area contributed by atoms with E-state index in [1.54, 1.807) is 17.4 Å². The minimum absolute atomic E-state index is 0.0393. The Morgan fingerprint density at radius 1 is 1.28 bits per heavy atom. The lowest BCUT2D eigenvalue weighted by atomic mass is 10.1. The molecule has 0 spiro atoms. The van der Waals surface area contributed by atoms with Crippen LogP contribution in [-0.2, 0) is 22.6 Å². The molecule has 1 atom stereocenters. The van der Waals surface area contributed by atoms with Gasteiger partial charge in [-0.15, -0.1) is 11.3 Å². The Labute approximate surface area is 156 Å². The second-order valence-electron chi connectivity index (χ2n) is 6.25. The fraction of sp³-hybridized carbons (Fsp3) is 0.368. The Morgan fingerprint density at radius 2 is 2.08 bits per heavy atom. The molecule has 0 fully saturated rings. The summed E-state index contributed by atoms with van der Waals surface area (Å²) in [6, 6.07) is 9.35. The van der Waals surface area contributed by atoms with Crippen molar-refractivity contribution in [3.8, 4) is 0 Å². The van der Waals surface area contributed by atoms with Crippen molar-refractivity contribution in [3.05, 3.63) is 56.7 Å². The van der Waals surface area contributed by atoms with Gasteiger partial charge in [-0.25, -0.2) is 0 Å². The van der Waals surface area contributed by atoms with E-state index in [9.17, 15) is 9.59 Å². The van der Waals surface area contributed by atoms with E-state index in [4.69, 9.17) is 11.6 Å². The van der Waals surface area contributed by atoms with Gasteiger partial charge in [0.25, 0.3) is 0 Å². The van der Waals surface area contributed by atoms with E-state index in [0.717, 1.165) is 18.5 Å². The van der Waals surface area contributed by atoms with Crippen LogP contribution in [0.3, 0.4) is 0 Å². The van der Waals surface area contributed by atoms with Crippen LogP contribution in [0.4, 0.5) is 0 Å². The van der Waals surface area contributed by atoms with E-state index in [1.807, 2.05) is 30.0 Å². The van der Waals surface area contributed by atoms with Gasteiger partial charge >= 0.3 is 0 Å². The van der Waals surface area contributed by atoms with Crippen molar-refractivity contribution in [2.45, 2.75) is 38.8 Å². The SMILES string of the molecule is CC(NC(=O)CCC(=O)N1CCc2sccc2C1)c1ccccc1Cl. The molecule has 1 aromatic heterocycles. The van der Waals surface area contributed by atoms with Crippen molar-refractivity contribution in [3.63, 3.8) is 0 Å². The molecule has 1 aliphatic rings. The Kier molecular flexibility index (Phi) is 5.76. The van der Waals surface area contributed by atoms with Crippen LogP contribution in [0.15, 0.2) is 35.7 Å². The zero-order chi connectivity index (χ0) is 17.8. The number of fused-ring (bicyclic) bond motifs is 1. The van der Waals surface area contributed by atoms with Crippen molar-refractivity contribution in [1.82, 2.24) is 10.2 Å². The van der Waals surface area contributed by atoms with Crippen molar-refractivity contribution >= 4 is 34.8 Å². The van der Waals surface area contributed by atoms with E-state index in [2.05, 4.69) is 16.8 Å². The number of hydrogen-bond donors (Lipinski definition) is 1. The lowest BCUT2D eigenvalue weighted by Gasteiger charge is -2.27. The molecule has 1 unspecified atom stereocenters. The Balaban J connectivity index is 1.48. The first kappa shape index (κ1) is 18.0. The highest BCUT2D eigenvalue weighted by Gasteiger charge is 2.22. The number of benzene rings is 1. The smallest absolute Gasteiger partial charge is 0.223 e. The molecule has 1 N–H and O–H groups in total. The molecule has 2 aromatic rings. The summed E-state index contributed by atoms with van der Waals surface area (Å²) in [6.07, 6.45) is 1.34. The van der Waals surface area contributed by atoms with Gasteiger partial charge in [0.05, 0.1) is 6.04 Å². The Morgan fingerprint density at radius 3 is 2.88 bits per heavy atom. The molecule has 0 saturated carbocycles. The second-order valence-corrected chi connectivity index (χ2v) is 7.65. The monoisotopic (exact) mass is 376 g/mol. The summed E-state index contributed by atoms with van der Waals surface area (Å²) in [6.45, 7) is 3.29. The molecule has 0 bridgehead atoms. The highest BCUT2D eigenvalue weighted by molar-refractivity contribution is 7.10. The second kappa shape index (κ2) is 8.02. The van der Waals surface area contributed by atoms with Crippen LogP contribution < -0.4 is 5.32 Å². The van der Waals surface area contributed by atoms with E-state index in [1.165, 1.54) is 10.4 Å². The van der Waals surface area contributed by atoms with Crippen LogP contribution in [0, 0.1) is 0 Å². The van der Waals surface area contributed by atoms with Crippen LogP contribution in [0.25, 0.3) is 0 Å². The molecule has 2 amide bonds. The van der Waals surface area contributed by atoms with E-state index in [0.29, 0.717) is 11.6 Å². The quantitative estimate of drug-likeness (QED) is 0.859. The molecular weight excluding hydrogens is 356 g/mol. The summed E-state index contributed by atoms with van der Waals surface area (Å²) >= 11 is 7.90. The van der Waals surface area contributed by atoms with E-state index < -0.39 is 0 Å². The maximum Gasteiger partial charge on any atom is 0.223 e. The average molecular weight is 377 g/mol. The molecule has 1 aromatic carbocycles. The number of halogens is 1. The number of nitrogens with one attached hydrogen (secondary N) is 1. The normalized spacial score (nSPS) is 14.7. The third-order valence-electron chi connectivity index (χ3n) is 4.48. The number of thiophene rings is 1. The summed E-state index contributed by atoms with van der Waals surface area (Å²) in [5, 5.41) is 5.62. The molecule has 6 heteroatoms. The Hall–Kier alpha value is -1.85. The molecular formula is C19H21ClN2O2S. The summed E-state index contributed by atoms with van der Waals surface area (Å²) in [5.74, 6) is -0.0913. The van der Waals surface area contributed by atoms with Crippen molar-refractivity contribution in [2.24, 2.45) is 0 Å². The molecule has 132 valence electrons. The molecule has 0 saturated heterocycles. The zero-order valence-electron chi connectivity index (χ0n) is 14.1. The van der Waals surface area contributed by atoms with Crippen LogP contribution in [-0.4, -0.2) is 23.3 Å². The van der Waals surface area contributed by atoms with Gasteiger partial charge in [-0.2, -0.15) is 0 Å². The molecule has 25 heavy (non-hydrogen) atoms. The van der Waals surface area contributed by atoms with Crippen LogP contribution >= 0.6 is 22.9 Å². The number of nitrogens with zero attached hydrogens (tertiary/aromatic N) is 1. The van der Waals surface area contributed by atoms with Crippen LogP contribution in [0.2, 0.25) is 5.02 Å². The molecule has 2 heterocycles. The lowest BCUT2D eigenvalue weighted by Crippen LogP contribution is -2.36. The van der Waals surface area contributed by atoms with Gasteiger partial charge < -0.3 is 10.2 Å². The summed E-state index contributed by atoms with van der Waals surface area (Å²) in [7, 11) is 0. The van der Waals surface area contributed by atoms with Crippen LogP contribution in [0.1, 0.15) is 41.8 Å². The van der Waals surface area contributed by atoms with Crippen molar-refractivity contribution in [1.29, 1.82) is 0 Å². The molecule has 3 rings (SSSR count). The molecule has 0 radical (unpaired) electrons.